The second-order valence-electron chi connectivity index (χ2n) is 8.75. The first kappa shape index (κ1) is 21.8. The fourth-order valence-corrected chi connectivity index (χ4v) is 2.91. The first-order valence-corrected chi connectivity index (χ1v) is 8.92. The molecule has 0 aromatic carbocycles. The van der Waals surface area contributed by atoms with E-state index < -0.39 is 29.0 Å². The van der Waals surface area contributed by atoms with E-state index in [-0.39, 0.29) is 23.8 Å². The van der Waals surface area contributed by atoms with Gasteiger partial charge >= 0.3 is 18.0 Å². The molecule has 1 aliphatic rings. The van der Waals surface area contributed by atoms with Crippen molar-refractivity contribution in [3.63, 3.8) is 0 Å². The molecule has 1 aromatic heterocycles. The van der Waals surface area contributed by atoms with Gasteiger partial charge in [0.15, 0.2) is 11.9 Å². The second-order valence-corrected chi connectivity index (χ2v) is 8.75. The largest absolute Gasteiger partial charge is 0.467 e. The van der Waals surface area contributed by atoms with Crippen molar-refractivity contribution in [3.05, 3.63) is 5.82 Å². The molecule has 1 aromatic rings. The summed E-state index contributed by atoms with van der Waals surface area (Å²) in [4.78, 5) is 45.4. The predicted octanol–water partition coefficient (Wildman–Crippen LogP) is 1.58. The van der Waals surface area contributed by atoms with E-state index in [1.807, 2.05) is 20.8 Å². The standard InChI is InChI=1S/C18H29N5O5/c1-17(2,3)13-22(7)12(24)10(23(13)28-14(25)18(4,5)6)11-19-15(26-8)21-16(20-11)27-9/h10,13H,1-9H3. The third-order valence-corrected chi connectivity index (χ3v) is 4.24. The van der Waals surface area contributed by atoms with Crippen molar-refractivity contribution in [1.82, 2.24) is 24.9 Å². The van der Waals surface area contributed by atoms with Crippen molar-refractivity contribution in [1.29, 1.82) is 0 Å². The van der Waals surface area contributed by atoms with E-state index in [1.165, 1.54) is 24.2 Å². The van der Waals surface area contributed by atoms with Crippen molar-refractivity contribution in [2.24, 2.45) is 10.8 Å². The molecule has 2 rings (SSSR count). The number of hydroxylamine groups is 2. The van der Waals surface area contributed by atoms with Crippen LogP contribution in [-0.2, 0) is 14.4 Å². The van der Waals surface area contributed by atoms with Crippen LogP contribution in [0.2, 0.25) is 0 Å². The van der Waals surface area contributed by atoms with Gasteiger partial charge in [0.05, 0.1) is 19.6 Å². The Bertz CT molecular complexity index is 733. The average Bonchev–Trinajstić information content (AvgIpc) is 2.83. The van der Waals surface area contributed by atoms with Gasteiger partial charge in [0, 0.05) is 7.05 Å². The number of aromatic nitrogens is 3. The molecule has 0 bridgehead atoms. The molecule has 10 heteroatoms. The van der Waals surface area contributed by atoms with Gasteiger partial charge in [0.1, 0.15) is 6.17 Å². The summed E-state index contributed by atoms with van der Waals surface area (Å²) in [5.41, 5.74) is -1.18. The number of hydrogen-bond donors (Lipinski definition) is 0. The third kappa shape index (κ3) is 4.16. The maximum Gasteiger partial charge on any atom is 0.330 e. The zero-order valence-corrected chi connectivity index (χ0v) is 17.9. The number of ether oxygens (including phenoxy) is 2. The van der Waals surface area contributed by atoms with Crippen LogP contribution in [0.4, 0.5) is 0 Å². The molecular weight excluding hydrogens is 366 g/mol. The molecule has 1 amide bonds. The number of carbonyl (C=O) groups excluding carboxylic acids is 2. The van der Waals surface area contributed by atoms with Crippen LogP contribution in [0.25, 0.3) is 0 Å². The second kappa shape index (κ2) is 7.50. The summed E-state index contributed by atoms with van der Waals surface area (Å²) in [6.07, 6.45) is -0.523. The van der Waals surface area contributed by atoms with Crippen LogP contribution in [0, 0.1) is 10.8 Å². The van der Waals surface area contributed by atoms with Crippen molar-refractivity contribution in [2.75, 3.05) is 21.3 Å². The summed E-state index contributed by atoms with van der Waals surface area (Å²) in [5, 5.41) is 1.37. The van der Waals surface area contributed by atoms with Gasteiger partial charge in [0.25, 0.3) is 5.91 Å². The van der Waals surface area contributed by atoms with Gasteiger partial charge < -0.3 is 19.2 Å². The zero-order valence-electron chi connectivity index (χ0n) is 17.9. The van der Waals surface area contributed by atoms with Gasteiger partial charge in [-0.15, -0.1) is 4.98 Å². The molecular formula is C18H29N5O5. The molecule has 0 spiro atoms. The molecule has 1 fully saturated rings. The van der Waals surface area contributed by atoms with E-state index in [2.05, 4.69) is 15.0 Å². The highest BCUT2D eigenvalue weighted by Crippen LogP contribution is 2.40. The topological polar surface area (TPSA) is 107 Å². The van der Waals surface area contributed by atoms with Gasteiger partial charge in [-0.1, -0.05) is 25.8 Å². The maximum atomic E-state index is 13.1. The first-order valence-electron chi connectivity index (χ1n) is 8.92. The van der Waals surface area contributed by atoms with E-state index >= 15 is 0 Å². The summed E-state index contributed by atoms with van der Waals surface area (Å²) >= 11 is 0. The summed E-state index contributed by atoms with van der Waals surface area (Å²) in [6, 6.07) is -1.05. The molecule has 1 saturated heterocycles. The summed E-state index contributed by atoms with van der Waals surface area (Å²) in [7, 11) is 4.46. The van der Waals surface area contributed by atoms with Gasteiger partial charge in [0.2, 0.25) is 0 Å². The molecule has 10 nitrogen and oxygen atoms in total. The smallest absolute Gasteiger partial charge is 0.330 e. The minimum absolute atomic E-state index is 0.00129. The molecule has 0 saturated carbocycles. The van der Waals surface area contributed by atoms with Gasteiger partial charge in [-0.05, 0) is 26.2 Å². The van der Waals surface area contributed by atoms with Crippen LogP contribution >= 0.6 is 0 Å². The molecule has 1 aliphatic heterocycles. The molecule has 2 heterocycles. The Morgan fingerprint density at radius 1 is 0.964 bits per heavy atom. The Balaban J connectivity index is 2.59. The molecule has 0 radical (unpaired) electrons. The SMILES string of the molecule is COc1nc(OC)nc(C2C(=O)N(C)C(C(C)(C)C)N2OC(=O)C(C)(C)C)n1. The molecule has 2 atom stereocenters. The van der Waals surface area contributed by atoms with Crippen LogP contribution < -0.4 is 9.47 Å². The Labute approximate surface area is 165 Å². The van der Waals surface area contributed by atoms with E-state index in [4.69, 9.17) is 14.3 Å². The van der Waals surface area contributed by atoms with E-state index in [0.29, 0.717) is 0 Å². The van der Waals surface area contributed by atoms with Crippen LogP contribution in [0.3, 0.4) is 0 Å². The summed E-state index contributed by atoms with van der Waals surface area (Å²) in [6.45, 7) is 11.1. The average molecular weight is 395 g/mol. The highest BCUT2D eigenvalue weighted by atomic mass is 16.7. The minimum atomic E-state index is -1.05. The Morgan fingerprint density at radius 2 is 1.46 bits per heavy atom. The number of carbonyl (C=O) groups is 2. The van der Waals surface area contributed by atoms with Crippen molar-refractivity contribution < 1.29 is 23.9 Å². The Morgan fingerprint density at radius 3 is 1.86 bits per heavy atom. The molecule has 2 unspecified atom stereocenters. The lowest BCUT2D eigenvalue weighted by Crippen LogP contribution is -2.48. The van der Waals surface area contributed by atoms with Crippen molar-refractivity contribution >= 4 is 11.9 Å². The van der Waals surface area contributed by atoms with Crippen LogP contribution in [0.5, 0.6) is 12.0 Å². The highest BCUT2D eigenvalue weighted by Gasteiger charge is 2.54. The number of methoxy groups -OCH3 is 2. The normalized spacial score (nSPS) is 21.0. The number of hydrogen-bond acceptors (Lipinski definition) is 9. The monoisotopic (exact) mass is 395 g/mol. The predicted molar refractivity (Wildman–Crippen MR) is 99.1 cm³/mol. The van der Waals surface area contributed by atoms with Gasteiger partial charge in [-0.25, -0.2) is 4.79 Å². The van der Waals surface area contributed by atoms with Gasteiger partial charge in [-0.3, -0.25) is 4.79 Å². The number of amides is 1. The fourth-order valence-electron chi connectivity index (χ4n) is 2.91. The molecule has 28 heavy (non-hydrogen) atoms. The number of rotatable bonds is 4. The maximum absolute atomic E-state index is 13.1. The number of nitrogens with zero attached hydrogens (tertiary/aromatic N) is 5. The van der Waals surface area contributed by atoms with Crippen LogP contribution in [0.1, 0.15) is 53.4 Å². The van der Waals surface area contributed by atoms with Crippen molar-refractivity contribution in [2.45, 2.75) is 53.8 Å². The lowest BCUT2D eigenvalue weighted by Gasteiger charge is -2.37. The minimum Gasteiger partial charge on any atom is -0.467 e. The molecule has 156 valence electrons. The quantitative estimate of drug-likeness (QED) is 0.751. The number of likely N-dealkylation sites (N-methyl/N-ethyl adjacent to an activating group) is 1. The fraction of sp³-hybridized carbons (Fsp3) is 0.722. The lowest BCUT2D eigenvalue weighted by atomic mass is 9.92. The zero-order chi connectivity index (χ0) is 21.4. The lowest BCUT2D eigenvalue weighted by molar-refractivity contribution is -0.232. The van der Waals surface area contributed by atoms with Crippen molar-refractivity contribution in [3.8, 4) is 12.0 Å². The van der Waals surface area contributed by atoms with E-state index in [1.54, 1.807) is 27.8 Å². The van der Waals surface area contributed by atoms with Gasteiger partial charge in [-0.2, -0.15) is 9.97 Å². The van der Waals surface area contributed by atoms with Crippen LogP contribution in [-0.4, -0.2) is 64.2 Å². The van der Waals surface area contributed by atoms with E-state index in [0.717, 1.165) is 0 Å². The summed E-state index contributed by atoms with van der Waals surface area (Å²) in [5.74, 6) is -0.700. The molecule has 0 N–H and O–H groups in total. The Hall–Kier alpha value is -2.49. The Kier molecular flexibility index (Phi) is 5.84. The molecule has 0 aliphatic carbocycles. The highest BCUT2D eigenvalue weighted by molar-refractivity contribution is 5.85. The van der Waals surface area contributed by atoms with E-state index in [9.17, 15) is 9.59 Å². The summed E-state index contributed by atoms with van der Waals surface area (Å²) < 4.78 is 10.2. The first-order chi connectivity index (χ1) is 12.8. The van der Waals surface area contributed by atoms with Crippen LogP contribution in [0.15, 0.2) is 0 Å². The third-order valence-electron chi connectivity index (χ3n) is 4.24.